The Morgan fingerprint density at radius 3 is 2.24 bits per heavy atom. The van der Waals surface area contributed by atoms with Crippen LogP contribution in [0.4, 0.5) is 5.69 Å². The van der Waals surface area contributed by atoms with E-state index in [1.807, 2.05) is 0 Å². The van der Waals surface area contributed by atoms with E-state index in [4.69, 9.17) is 23.4 Å². The van der Waals surface area contributed by atoms with Crippen LogP contribution in [0.15, 0.2) is 59.2 Å². The summed E-state index contributed by atoms with van der Waals surface area (Å²) >= 11 is 0. The summed E-state index contributed by atoms with van der Waals surface area (Å²) in [6.45, 7) is 0. The van der Waals surface area contributed by atoms with E-state index in [2.05, 4.69) is 5.32 Å². The van der Waals surface area contributed by atoms with Crippen molar-refractivity contribution >= 4 is 17.5 Å². The van der Waals surface area contributed by atoms with Crippen LogP contribution in [0.2, 0.25) is 0 Å². The van der Waals surface area contributed by atoms with E-state index < -0.39 is 11.9 Å². The number of carbonyl (C=O) groups is 2. The summed E-state index contributed by atoms with van der Waals surface area (Å²) in [5.41, 5.74) is 0.877. The number of ether oxygens (including phenoxy) is 4. The van der Waals surface area contributed by atoms with Gasteiger partial charge in [0.05, 0.1) is 34.7 Å². The van der Waals surface area contributed by atoms with Crippen LogP contribution in [-0.4, -0.2) is 46.3 Å². The van der Waals surface area contributed by atoms with Gasteiger partial charge in [-0.25, -0.2) is 0 Å². The Labute approximate surface area is 216 Å². The Morgan fingerprint density at radius 2 is 1.62 bits per heavy atom. The first kappa shape index (κ1) is 25.9. The highest BCUT2D eigenvalue weighted by molar-refractivity contribution is 6.09. The molecule has 0 unspecified atom stereocenters. The largest absolute Gasteiger partial charge is 0.493 e. The molecule has 0 saturated heterocycles. The number of hydrogen-bond donors (Lipinski definition) is 1. The fourth-order valence-electron chi connectivity index (χ4n) is 4.75. The van der Waals surface area contributed by atoms with Gasteiger partial charge < -0.3 is 28.7 Å². The number of nitrogens with zero attached hydrogens (tertiary/aromatic N) is 1. The number of amides is 2. The second kappa shape index (κ2) is 11.7. The van der Waals surface area contributed by atoms with Crippen molar-refractivity contribution in [3.8, 4) is 23.0 Å². The molecule has 0 spiro atoms. The summed E-state index contributed by atoms with van der Waals surface area (Å²) in [7, 11) is 6.07. The number of furan rings is 1. The van der Waals surface area contributed by atoms with Gasteiger partial charge in [-0.2, -0.15) is 0 Å². The maximum Gasteiger partial charge on any atom is 0.294 e. The van der Waals surface area contributed by atoms with Crippen molar-refractivity contribution in [1.29, 1.82) is 0 Å². The monoisotopic (exact) mass is 508 g/mol. The molecule has 196 valence electrons. The van der Waals surface area contributed by atoms with Crippen molar-refractivity contribution in [2.45, 2.75) is 37.8 Å². The lowest BCUT2D eigenvalue weighted by Gasteiger charge is -2.33. The molecule has 1 heterocycles. The third kappa shape index (κ3) is 5.35. The van der Waals surface area contributed by atoms with Gasteiger partial charge in [0.15, 0.2) is 28.8 Å². The number of hydrogen-bond acceptors (Lipinski definition) is 7. The zero-order valence-corrected chi connectivity index (χ0v) is 21.5. The normalized spacial score (nSPS) is 14.1. The molecule has 0 aliphatic heterocycles. The lowest BCUT2D eigenvalue weighted by molar-refractivity contribution is -0.123. The van der Waals surface area contributed by atoms with Crippen molar-refractivity contribution < 1.29 is 33.0 Å². The van der Waals surface area contributed by atoms with Crippen molar-refractivity contribution in [3.05, 3.63) is 66.1 Å². The molecule has 1 atom stereocenters. The Balaban J connectivity index is 1.92. The second-order valence-corrected chi connectivity index (χ2v) is 8.67. The second-order valence-electron chi connectivity index (χ2n) is 8.67. The van der Waals surface area contributed by atoms with Gasteiger partial charge >= 0.3 is 0 Å². The fraction of sp³-hybridized carbons (Fsp3) is 0.357. The summed E-state index contributed by atoms with van der Waals surface area (Å²) in [5, 5.41) is 3.15. The number of benzene rings is 2. The van der Waals surface area contributed by atoms with Gasteiger partial charge in [-0.05, 0) is 43.2 Å². The average Bonchev–Trinajstić information content (AvgIpc) is 3.65. The number of carbonyl (C=O) groups excluding carboxylic acids is 2. The molecule has 1 fully saturated rings. The summed E-state index contributed by atoms with van der Waals surface area (Å²) in [6.07, 6.45) is 5.28. The third-order valence-corrected chi connectivity index (χ3v) is 6.53. The Hall–Kier alpha value is -4.14. The van der Waals surface area contributed by atoms with E-state index in [1.165, 1.54) is 39.6 Å². The highest BCUT2D eigenvalue weighted by Crippen LogP contribution is 2.41. The highest BCUT2D eigenvalue weighted by Gasteiger charge is 2.38. The number of para-hydroxylation sites is 1. The van der Waals surface area contributed by atoms with Crippen LogP contribution in [0.3, 0.4) is 0 Å². The van der Waals surface area contributed by atoms with E-state index in [0.717, 1.165) is 25.7 Å². The standard InChI is InChI=1S/C28H32N2O7/c1-33-21-15-14-19(17-24(21)35-3)30(28(32)23-13-8-16-37-23)25(27(31)29-18-9-5-6-10-18)20-11-7-12-22(34-2)26(20)36-4/h7-8,11-18,25H,5-6,9-10H2,1-4H3,(H,29,31)/t25-/m1/s1. The molecule has 1 N–H and O–H groups in total. The van der Waals surface area contributed by atoms with Crippen LogP contribution < -0.4 is 29.2 Å². The summed E-state index contributed by atoms with van der Waals surface area (Å²) in [4.78, 5) is 29.4. The van der Waals surface area contributed by atoms with E-state index in [-0.39, 0.29) is 17.7 Å². The van der Waals surface area contributed by atoms with Gasteiger partial charge in [-0.15, -0.1) is 0 Å². The molecule has 0 bridgehead atoms. The Kier molecular flexibility index (Phi) is 8.22. The molecule has 9 nitrogen and oxygen atoms in total. The molecule has 37 heavy (non-hydrogen) atoms. The minimum atomic E-state index is -1.11. The summed E-state index contributed by atoms with van der Waals surface area (Å²) < 4.78 is 27.6. The fourth-order valence-corrected chi connectivity index (χ4v) is 4.75. The summed E-state index contributed by atoms with van der Waals surface area (Å²) in [5.74, 6) is 0.926. The van der Waals surface area contributed by atoms with Gasteiger partial charge in [0.2, 0.25) is 5.91 Å². The predicted octanol–water partition coefficient (Wildman–Crippen LogP) is 4.76. The smallest absolute Gasteiger partial charge is 0.294 e. The number of methoxy groups -OCH3 is 4. The Morgan fingerprint density at radius 1 is 0.892 bits per heavy atom. The van der Waals surface area contributed by atoms with Gasteiger partial charge in [-0.3, -0.25) is 14.5 Å². The minimum Gasteiger partial charge on any atom is -0.493 e. The maximum absolute atomic E-state index is 14.0. The van der Waals surface area contributed by atoms with Crippen molar-refractivity contribution in [3.63, 3.8) is 0 Å². The molecule has 1 aliphatic rings. The number of anilines is 1. The van der Waals surface area contributed by atoms with Crippen LogP contribution in [0.1, 0.15) is 47.8 Å². The zero-order valence-electron chi connectivity index (χ0n) is 21.5. The molecule has 2 aromatic carbocycles. The molecular formula is C28H32N2O7. The average molecular weight is 509 g/mol. The van der Waals surface area contributed by atoms with Crippen molar-refractivity contribution in [1.82, 2.24) is 5.32 Å². The molecular weight excluding hydrogens is 476 g/mol. The molecule has 0 radical (unpaired) electrons. The molecule has 1 aromatic heterocycles. The number of nitrogens with one attached hydrogen (secondary N) is 1. The van der Waals surface area contributed by atoms with Crippen LogP contribution >= 0.6 is 0 Å². The first-order valence-corrected chi connectivity index (χ1v) is 12.1. The molecule has 1 aliphatic carbocycles. The first-order chi connectivity index (χ1) is 18.0. The van der Waals surface area contributed by atoms with Crippen LogP contribution in [0.5, 0.6) is 23.0 Å². The van der Waals surface area contributed by atoms with Crippen LogP contribution in [-0.2, 0) is 4.79 Å². The van der Waals surface area contributed by atoms with Crippen molar-refractivity contribution in [2.75, 3.05) is 33.3 Å². The van der Waals surface area contributed by atoms with Gasteiger partial charge in [0.1, 0.15) is 6.04 Å². The molecule has 1 saturated carbocycles. The van der Waals surface area contributed by atoms with E-state index in [1.54, 1.807) is 48.5 Å². The van der Waals surface area contributed by atoms with E-state index >= 15 is 0 Å². The summed E-state index contributed by atoms with van der Waals surface area (Å²) in [6, 6.07) is 12.4. The van der Waals surface area contributed by atoms with Gasteiger partial charge in [0, 0.05) is 23.4 Å². The van der Waals surface area contributed by atoms with Gasteiger partial charge in [0.25, 0.3) is 5.91 Å². The number of rotatable bonds is 10. The van der Waals surface area contributed by atoms with Crippen LogP contribution in [0.25, 0.3) is 0 Å². The zero-order chi connectivity index (χ0) is 26.4. The molecule has 4 rings (SSSR count). The van der Waals surface area contributed by atoms with Crippen molar-refractivity contribution in [2.24, 2.45) is 0 Å². The van der Waals surface area contributed by atoms with Crippen LogP contribution in [0, 0.1) is 0 Å². The first-order valence-electron chi connectivity index (χ1n) is 12.1. The van der Waals surface area contributed by atoms with E-state index in [0.29, 0.717) is 34.2 Å². The third-order valence-electron chi connectivity index (χ3n) is 6.53. The molecule has 9 heteroatoms. The quantitative estimate of drug-likeness (QED) is 0.421. The topological polar surface area (TPSA) is 99.5 Å². The van der Waals surface area contributed by atoms with E-state index in [9.17, 15) is 9.59 Å². The predicted molar refractivity (Wildman–Crippen MR) is 138 cm³/mol. The molecule has 2 amide bonds. The highest BCUT2D eigenvalue weighted by atomic mass is 16.5. The van der Waals surface area contributed by atoms with Gasteiger partial charge in [-0.1, -0.05) is 25.0 Å². The lowest BCUT2D eigenvalue weighted by atomic mass is 10.00. The maximum atomic E-state index is 14.0. The lowest BCUT2D eigenvalue weighted by Crippen LogP contribution is -2.46. The minimum absolute atomic E-state index is 0.0255. The molecule has 3 aromatic rings. The SMILES string of the molecule is COc1ccc(N(C(=O)c2ccco2)[C@@H](C(=O)NC2CCCC2)c2cccc(OC)c2OC)cc1OC. The Bertz CT molecular complexity index is 1220.